The Bertz CT molecular complexity index is 304. The fourth-order valence-electron chi connectivity index (χ4n) is 2.26. The van der Waals surface area contributed by atoms with E-state index in [0.717, 1.165) is 12.8 Å². The molecule has 2 aliphatic rings. The number of carbonyl (C=O) groups excluding carboxylic acids is 1. The molecular weight excluding hydrogens is 212 g/mol. The second-order valence-corrected chi connectivity index (χ2v) is 4.79. The highest BCUT2D eigenvalue weighted by Crippen LogP contribution is 2.42. The Labute approximate surface area is 94.1 Å². The highest BCUT2D eigenvalue weighted by Gasteiger charge is 2.48. The smallest absolute Gasteiger partial charge is 0.249 e. The van der Waals surface area contributed by atoms with Gasteiger partial charge in [0.25, 0.3) is 0 Å². The normalized spacial score (nSPS) is 24.5. The average Bonchev–Trinajstić information content (AvgIpc) is 2.24. The van der Waals surface area contributed by atoms with E-state index in [9.17, 15) is 13.6 Å². The first-order valence-corrected chi connectivity index (χ1v) is 5.90. The van der Waals surface area contributed by atoms with Crippen molar-refractivity contribution in [2.24, 2.45) is 5.92 Å². The van der Waals surface area contributed by atoms with Gasteiger partial charge in [0.2, 0.25) is 11.8 Å². The minimum Gasteiger partial charge on any atom is -0.352 e. The number of hydrogen-bond acceptors (Lipinski definition) is 1. The van der Waals surface area contributed by atoms with Crippen molar-refractivity contribution in [2.45, 2.75) is 44.4 Å². The molecule has 90 valence electrons. The van der Waals surface area contributed by atoms with Crippen molar-refractivity contribution >= 4 is 5.91 Å². The number of allylic oxidation sites excluding steroid dienone is 1. The predicted molar refractivity (Wildman–Crippen MR) is 57.2 cm³/mol. The zero-order valence-corrected chi connectivity index (χ0v) is 9.27. The number of halogens is 2. The quantitative estimate of drug-likeness (QED) is 0.741. The molecule has 4 heteroatoms. The van der Waals surface area contributed by atoms with Gasteiger partial charge in [0.05, 0.1) is 0 Å². The van der Waals surface area contributed by atoms with E-state index in [4.69, 9.17) is 0 Å². The molecular formula is C12H17F2NO. The van der Waals surface area contributed by atoms with Gasteiger partial charge in [-0.15, -0.1) is 0 Å². The lowest BCUT2D eigenvalue weighted by Gasteiger charge is -2.33. The Morgan fingerprint density at radius 1 is 1.44 bits per heavy atom. The third kappa shape index (κ3) is 2.80. The average molecular weight is 229 g/mol. The van der Waals surface area contributed by atoms with E-state index < -0.39 is 11.8 Å². The minimum atomic E-state index is -2.61. The van der Waals surface area contributed by atoms with Gasteiger partial charge in [-0.2, -0.15) is 0 Å². The zero-order chi connectivity index (χ0) is 11.6. The lowest BCUT2D eigenvalue weighted by atomic mass is 9.80. The summed E-state index contributed by atoms with van der Waals surface area (Å²) in [5.41, 5.74) is 1.24. The highest BCUT2D eigenvalue weighted by atomic mass is 19.3. The maximum Gasteiger partial charge on any atom is 0.249 e. The van der Waals surface area contributed by atoms with Crippen LogP contribution in [0.1, 0.15) is 38.5 Å². The van der Waals surface area contributed by atoms with Crippen molar-refractivity contribution in [1.82, 2.24) is 5.32 Å². The minimum absolute atomic E-state index is 0.211. The van der Waals surface area contributed by atoms with Crippen LogP contribution >= 0.6 is 0 Å². The van der Waals surface area contributed by atoms with Crippen molar-refractivity contribution in [3.63, 3.8) is 0 Å². The molecule has 0 radical (unpaired) electrons. The van der Waals surface area contributed by atoms with Gasteiger partial charge in [-0.25, -0.2) is 8.78 Å². The van der Waals surface area contributed by atoms with Gasteiger partial charge in [-0.05, 0) is 25.7 Å². The van der Waals surface area contributed by atoms with Crippen LogP contribution in [0.4, 0.5) is 8.78 Å². The van der Waals surface area contributed by atoms with Crippen LogP contribution in [-0.4, -0.2) is 18.4 Å². The largest absolute Gasteiger partial charge is 0.352 e. The van der Waals surface area contributed by atoms with Gasteiger partial charge < -0.3 is 5.32 Å². The van der Waals surface area contributed by atoms with Crippen LogP contribution < -0.4 is 5.32 Å². The van der Waals surface area contributed by atoms with Crippen molar-refractivity contribution in [3.05, 3.63) is 11.6 Å². The van der Waals surface area contributed by atoms with Crippen LogP contribution in [0.3, 0.4) is 0 Å². The van der Waals surface area contributed by atoms with E-state index in [1.807, 2.05) is 0 Å². The number of carbonyl (C=O) groups is 1. The van der Waals surface area contributed by atoms with Crippen LogP contribution in [0.25, 0.3) is 0 Å². The monoisotopic (exact) mass is 229 g/mol. The Hall–Kier alpha value is -0.930. The maximum absolute atomic E-state index is 12.6. The Morgan fingerprint density at radius 3 is 2.75 bits per heavy atom. The lowest BCUT2D eigenvalue weighted by Crippen LogP contribution is -2.45. The topological polar surface area (TPSA) is 29.1 Å². The molecule has 1 fully saturated rings. The molecule has 1 N–H and O–H groups in total. The summed E-state index contributed by atoms with van der Waals surface area (Å²) in [6.45, 7) is 0.543. The molecule has 2 aliphatic carbocycles. The van der Waals surface area contributed by atoms with Gasteiger partial charge in [0.15, 0.2) is 0 Å². The number of amides is 1. The molecule has 0 aromatic carbocycles. The summed E-state index contributed by atoms with van der Waals surface area (Å²) in [5, 5.41) is 2.75. The predicted octanol–water partition coefficient (Wildman–Crippen LogP) is 2.65. The second kappa shape index (κ2) is 4.52. The van der Waals surface area contributed by atoms with E-state index in [-0.39, 0.29) is 18.7 Å². The molecule has 0 spiro atoms. The highest BCUT2D eigenvalue weighted by molar-refractivity contribution is 5.80. The molecule has 16 heavy (non-hydrogen) atoms. The third-order valence-corrected chi connectivity index (χ3v) is 3.34. The summed E-state index contributed by atoms with van der Waals surface area (Å²) in [7, 11) is 0. The molecule has 2 rings (SSSR count). The molecule has 0 aromatic heterocycles. The fraction of sp³-hybridized carbons (Fsp3) is 0.750. The first kappa shape index (κ1) is 11.6. The molecule has 0 saturated heterocycles. The van der Waals surface area contributed by atoms with E-state index in [1.54, 1.807) is 0 Å². The van der Waals surface area contributed by atoms with E-state index in [2.05, 4.69) is 11.4 Å². The van der Waals surface area contributed by atoms with E-state index >= 15 is 0 Å². The van der Waals surface area contributed by atoms with Crippen molar-refractivity contribution in [1.29, 1.82) is 0 Å². The Kier molecular flexibility index (Phi) is 3.26. The molecule has 2 nitrogen and oxygen atoms in total. The summed E-state index contributed by atoms with van der Waals surface area (Å²) >= 11 is 0. The zero-order valence-electron chi connectivity index (χ0n) is 9.27. The number of nitrogens with one attached hydrogen (secondary N) is 1. The van der Waals surface area contributed by atoms with Crippen molar-refractivity contribution < 1.29 is 13.6 Å². The van der Waals surface area contributed by atoms with Gasteiger partial charge in [-0.1, -0.05) is 11.6 Å². The maximum atomic E-state index is 12.6. The number of alkyl halides is 2. The molecule has 1 amide bonds. The Morgan fingerprint density at radius 2 is 2.19 bits per heavy atom. The first-order chi connectivity index (χ1) is 7.57. The summed E-state index contributed by atoms with van der Waals surface area (Å²) < 4.78 is 25.1. The van der Waals surface area contributed by atoms with E-state index in [1.165, 1.54) is 18.4 Å². The molecule has 0 bridgehead atoms. The van der Waals surface area contributed by atoms with Crippen molar-refractivity contribution in [3.8, 4) is 0 Å². The van der Waals surface area contributed by atoms with Gasteiger partial charge in [-0.3, -0.25) is 4.79 Å². The van der Waals surface area contributed by atoms with Crippen LogP contribution in [0.15, 0.2) is 11.6 Å². The van der Waals surface area contributed by atoms with Crippen LogP contribution in [0.5, 0.6) is 0 Å². The van der Waals surface area contributed by atoms with Gasteiger partial charge in [0.1, 0.15) is 0 Å². The first-order valence-electron chi connectivity index (χ1n) is 5.90. The fourth-order valence-corrected chi connectivity index (χ4v) is 2.26. The van der Waals surface area contributed by atoms with Crippen molar-refractivity contribution in [2.75, 3.05) is 6.54 Å². The van der Waals surface area contributed by atoms with Gasteiger partial charge in [0, 0.05) is 25.3 Å². The third-order valence-electron chi connectivity index (χ3n) is 3.34. The molecule has 0 unspecified atom stereocenters. The number of hydrogen-bond donors (Lipinski definition) is 1. The summed E-state index contributed by atoms with van der Waals surface area (Å²) in [6, 6.07) is 0. The van der Waals surface area contributed by atoms with Crippen LogP contribution in [0, 0.1) is 5.92 Å². The second-order valence-electron chi connectivity index (χ2n) is 4.79. The molecule has 1 saturated carbocycles. The Balaban J connectivity index is 1.70. The molecule has 0 atom stereocenters. The van der Waals surface area contributed by atoms with E-state index in [0.29, 0.717) is 6.54 Å². The summed E-state index contributed by atoms with van der Waals surface area (Å²) in [4.78, 5) is 11.5. The standard InChI is InChI=1S/C12H17F2NO/c13-12(14)6-10(7-12)11(16)15-8-9-4-2-1-3-5-9/h4,10H,1-3,5-8H2,(H,15,16). The molecule has 0 aromatic rings. The molecule has 0 aliphatic heterocycles. The number of rotatable bonds is 3. The summed E-state index contributed by atoms with van der Waals surface area (Å²) in [6.07, 6.45) is 6.08. The van der Waals surface area contributed by atoms with Crippen LogP contribution in [-0.2, 0) is 4.79 Å². The van der Waals surface area contributed by atoms with Gasteiger partial charge >= 0.3 is 0 Å². The summed E-state index contributed by atoms with van der Waals surface area (Å²) in [5.74, 6) is -3.29. The molecule has 0 heterocycles. The lowest BCUT2D eigenvalue weighted by molar-refractivity contribution is -0.150. The van der Waals surface area contributed by atoms with Crippen LogP contribution in [0.2, 0.25) is 0 Å². The SMILES string of the molecule is O=C(NCC1=CCCCC1)C1CC(F)(F)C1.